The second-order valence-corrected chi connectivity index (χ2v) is 6.91. The van der Waals surface area contributed by atoms with Crippen molar-refractivity contribution in [2.75, 3.05) is 13.1 Å². The van der Waals surface area contributed by atoms with Crippen molar-refractivity contribution in [2.45, 2.75) is 31.8 Å². The molecule has 0 aliphatic carbocycles. The molecule has 0 bridgehead atoms. The second-order valence-electron chi connectivity index (χ2n) is 6.02. The molecule has 0 radical (unpaired) electrons. The van der Waals surface area contributed by atoms with Gasteiger partial charge in [-0.2, -0.15) is 0 Å². The molecule has 0 saturated carbocycles. The molecular weight excluding hydrogens is 376 g/mol. The molecule has 1 N–H and O–H groups in total. The van der Waals surface area contributed by atoms with Crippen LogP contribution in [0, 0.1) is 10.1 Å². The highest BCUT2D eigenvalue weighted by Gasteiger charge is 2.27. The standard InChI is InChI=1S/C17H20N4O3S.ClH/c22-17(13-10-16(21(23)24)25-12-13)20(11-14-4-1-2-8-19-14)15-5-3-7-18-9-6-15;/h1-2,4,8,10,12,15,18H,3,5-7,9,11H2;1H. The van der Waals surface area contributed by atoms with Gasteiger partial charge in [-0.1, -0.05) is 17.4 Å². The van der Waals surface area contributed by atoms with Gasteiger partial charge in [0.1, 0.15) is 0 Å². The number of hydrogen-bond acceptors (Lipinski definition) is 6. The van der Waals surface area contributed by atoms with Crippen molar-refractivity contribution in [1.29, 1.82) is 0 Å². The molecule has 3 rings (SSSR count). The number of carbonyl (C=O) groups excluding carboxylic acids is 1. The number of carbonyl (C=O) groups is 1. The third-order valence-electron chi connectivity index (χ3n) is 4.32. The Morgan fingerprint density at radius 2 is 2.23 bits per heavy atom. The molecule has 1 unspecified atom stereocenters. The highest BCUT2D eigenvalue weighted by atomic mass is 35.5. The topological polar surface area (TPSA) is 88.4 Å². The van der Waals surface area contributed by atoms with Crippen LogP contribution in [0.1, 0.15) is 35.3 Å². The van der Waals surface area contributed by atoms with Crippen molar-refractivity contribution >= 4 is 34.7 Å². The van der Waals surface area contributed by atoms with E-state index >= 15 is 0 Å². The van der Waals surface area contributed by atoms with E-state index in [0.717, 1.165) is 49.4 Å². The van der Waals surface area contributed by atoms with Gasteiger partial charge in [0.15, 0.2) is 0 Å². The summed E-state index contributed by atoms with van der Waals surface area (Å²) in [6.07, 6.45) is 4.49. The summed E-state index contributed by atoms with van der Waals surface area (Å²) in [5.41, 5.74) is 1.20. The molecule has 1 atom stereocenters. The van der Waals surface area contributed by atoms with Crippen LogP contribution < -0.4 is 5.32 Å². The first-order valence-corrected chi connectivity index (χ1v) is 9.17. The Hall–Kier alpha value is -2.03. The predicted molar refractivity (Wildman–Crippen MR) is 103 cm³/mol. The van der Waals surface area contributed by atoms with Gasteiger partial charge in [-0.15, -0.1) is 12.4 Å². The Balaban J connectivity index is 0.00000243. The predicted octanol–water partition coefficient (Wildman–Crippen LogP) is 3.26. The van der Waals surface area contributed by atoms with E-state index < -0.39 is 4.92 Å². The van der Waals surface area contributed by atoms with Gasteiger partial charge in [0.05, 0.1) is 22.7 Å². The third kappa shape index (κ3) is 5.00. The van der Waals surface area contributed by atoms with E-state index in [4.69, 9.17) is 0 Å². The molecular formula is C17H21ClN4O3S. The molecule has 2 aromatic heterocycles. The molecule has 0 spiro atoms. The van der Waals surface area contributed by atoms with E-state index in [9.17, 15) is 14.9 Å². The zero-order chi connectivity index (χ0) is 17.6. The Bertz CT molecular complexity index is 733. The molecule has 26 heavy (non-hydrogen) atoms. The van der Waals surface area contributed by atoms with E-state index in [0.29, 0.717) is 12.1 Å². The summed E-state index contributed by atoms with van der Waals surface area (Å²) in [5.74, 6) is -0.165. The third-order valence-corrected chi connectivity index (χ3v) is 5.20. The van der Waals surface area contributed by atoms with E-state index in [1.54, 1.807) is 11.6 Å². The van der Waals surface area contributed by atoms with Gasteiger partial charge in [0.2, 0.25) is 0 Å². The second kappa shape index (κ2) is 9.61. The molecule has 7 nitrogen and oxygen atoms in total. The summed E-state index contributed by atoms with van der Waals surface area (Å²) in [7, 11) is 0. The molecule has 0 aromatic carbocycles. The van der Waals surface area contributed by atoms with Crippen molar-refractivity contribution in [3.63, 3.8) is 0 Å². The zero-order valence-electron chi connectivity index (χ0n) is 14.2. The molecule has 1 saturated heterocycles. The average molecular weight is 397 g/mol. The lowest BCUT2D eigenvalue weighted by Gasteiger charge is -2.30. The smallest absolute Gasteiger partial charge is 0.324 e. The quantitative estimate of drug-likeness (QED) is 0.619. The number of rotatable bonds is 5. The van der Waals surface area contributed by atoms with Gasteiger partial charge < -0.3 is 10.2 Å². The Morgan fingerprint density at radius 1 is 1.38 bits per heavy atom. The van der Waals surface area contributed by atoms with Gasteiger partial charge in [-0.25, -0.2) is 0 Å². The number of aromatic nitrogens is 1. The fourth-order valence-electron chi connectivity index (χ4n) is 3.04. The van der Waals surface area contributed by atoms with Gasteiger partial charge >= 0.3 is 5.00 Å². The maximum atomic E-state index is 13.1. The number of amides is 1. The SMILES string of the molecule is Cl.O=C(c1csc([N+](=O)[O-])c1)N(Cc1ccccn1)C1CCCNCC1. The Morgan fingerprint density at radius 3 is 2.92 bits per heavy atom. The van der Waals surface area contributed by atoms with Crippen LogP contribution in [0.4, 0.5) is 5.00 Å². The molecule has 3 heterocycles. The van der Waals surface area contributed by atoms with Crippen LogP contribution in [0.2, 0.25) is 0 Å². The highest BCUT2D eigenvalue weighted by molar-refractivity contribution is 7.13. The largest absolute Gasteiger partial charge is 0.330 e. The lowest BCUT2D eigenvalue weighted by atomic mass is 10.1. The van der Waals surface area contributed by atoms with Crippen molar-refractivity contribution in [2.24, 2.45) is 0 Å². The van der Waals surface area contributed by atoms with Gasteiger partial charge in [-0.3, -0.25) is 19.9 Å². The number of nitrogens with zero attached hydrogens (tertiary/aromatic N) is 3. The first-order valence-electron chi connectivity index (χ1n) is 8.29. The summed E-state index contributed by atoms with van der Waals surface area (Å²) < 4.78 is 0. The van der Waals surface area contributed by atoms with E-state index in [1.807, 2.05) is 23.1 Å². The molecule has 1 aliphatic rings. The minimum absolute atomic E-state index is 0. The first kappa shape index (κ1) is 20.3. The first-order chi connectivity index (χ1) is 12.1. The molecule has 140 valence electrons. The Labute approximate surface area is 162 Å². The van der Waals surface area contributed by atoms with Crippen LogP contribution in [0.15, 0.2) is 35.8 Å². The lowest BCUT2D eigenvalue weighted by Crippen LogP contribution is -2.40. The number of nitrogens with one attached hydrogen (secondary N) is 1. The van der Waals surface area contributed by atoms with Crippen LogP contribution in [-0.4, -0.2) is 39.8 Å². The summed E-state index contributed by atoms with van der Waals surface area (Å²) in [6.45, 7) is 2.22. The lowest BCUT2D eigenvalue weighted by molar-refractivity contribution is -0.380. The normalized spacial score (nSPS) is 17.0. The van der Waals surface area contributed by atoms with Crippen LogP contribution in [0.25, 0.3) is 0 Å². The minimum atomic E-state index is -0.458. The highest BCUT2D eigenvalue weighted by Crippen LogP contribution is 2.26. The number of nitro groups is 1. The fraction of sp³-hybridized carbons (Fsp3) is 0.412. The van der Waals surface area contributed by atoms with E-state index in [1.165, 1.54) is 6.07 Å². The number of pyridine rings is 1. The van der Waals surface area contributed by atoms with Gasteiger partial charge in [0, 0.05) is 23.7 Å². The van der Waals surface area contributed by atoms with Crippen molar-refractivity contribution in [1.82, 2.24) is 15.2 Å². The van der Waals surface area contributed by atoms with Gasteiger partial charge in [0.25, 0.3) is 5.91 Å². The monoisotopic (exact) mass is 396 g/mol. The zero-order valence-corrected chi connectivity index (χ0v) is 15.8. The molecule has 1 aliphatic heterocycles. The van der Waals surface area contributed by atoms with Gasteiger partial charge in [-0.05, 0) is 44.5 Å². The average Bonchev–Trinajstić information content (AvgIpc) is 2.97. The van der Waals surface area contributed by atoms with E-state index in [-0.39, 0.29) is 29.4 Å². The number of thiophene rings is 1. The van der Waals surface area contributed by atoms with E-state index in [2.05, 4.69) is 10.3 Å². The molecule has 1 fully saturated rings. The molecule has 1 amide bonds. The fourth-order valence-corrected chi connectivity index (χ4v) is 3.74. The van der Waals surface area contributed by atoms with Crippen molar-refractivity contribution in [3.8, 4) is 0 Å². The number of hydrogen-bond donors (Lipinski definition) is 1. The molecule has 2 aromatic rings. The minimum Gasteiger partial charge on any atom is -0.330 e. The maximum absolute atomic E-state index is 13.1. The summed E-state index contributed by atoms with van der Waals surface area (Å²) in [6, 6.07) is 7.10. The van der Waals surface area contributed by atoms with Crippen LogP contribution in [0.3, 0.4) is 0 Å². The Kier molecular flexibility index (Phi) is 7.50. The molecule has 9 heteroatoms. The summed E-state index contributed by atoms with van der Waals surface area (Å²) >= 11 is 0.986. The van der Waals surface area contributed by atoms with Crippen LogP contribution >= 0.6 is 23.7 Å². The van der Waals surface area contributed by atoms with Crippen LogP contribution in [0.5, 0.6) is 0 Å². The van der Waals surface area contributed by atoms with Crippen molar-refractivity contribution in [3.05, 3.63) is 57.2 Å². The maximum Gasteiger partial charge on any atom is 0.324 e. The summed E-state index contributed by atoms with van der Waals surface area (Å²) in [5, 5.41) is 15.8. The number of halogens is 1. The summed E-state index contributed by atoms with van der Waals surface area (Å²) in [4.78, 5) is 29.7. The van der Waals surface area contributed by atoms with Crippen LogP contribution in [-0.2, 0) is 6.54 Å². The van der Waals surface area contributed by atoms with Crippen molar-refractivity contribution < 1.29 is 9.72 Å².